The van der Waals surface area contributed by atoms with Gasteiger partial charge in [-0.1, -0.05) is 31.9 Å². The first-order valence-electron chi connectivity index (χ1n) is 5.80. The largest absolute Gasteiger partial charge is 0.465 e. The molecule has 0 N–H and O–H groups in total. The third kappa shape index (κ3) is 3.90. The number of halogens is 3. The molecule has 0 aliphatic carbocycles. The van der Waals surface area contributed by atoms with Crippen molar-refractivity contribution in [1.82, 2.24) is 0 Å². The third-order valence-corrected chi connectivity index (χ3v) is 3.62. The molecular weight excluding hydrogens is 391 g/mol. The lowest BCUT2D eigenvalue weighted by Crippen LogP contribution is -2.02. The fraction of sp³-hybridized carbons (Fsp3) is 0.133. The Hall–Kier alpha value is -1.20. The van der Waals surface area contributed by atoms with Crippen LogP contribution in [0.2, 0.25) is 0 Å². The summed E-state index contributed by atoms with van der Waals surface area (Å²) in [5, 5.41) is 0. The van der Waals surface area contributed by atoms with Gasteiger partial charge in [-0.05, 0) is 53.9 Å². The molecule has 0 aliphatic heterocycles. The zero-order chi connectivity index (χ0) is 14.7. The van der Waals surface area contributed by atoms with Crippen molar-refractivity contribution >= 4 is 37.8 Å². The molecule has 0 unspecified atom stereocenters. The minimum absolute atomic E-state index is 0.294. The van der Waals surface area contributed by atoms with Gasteiger partial charge < -0.3 is 4.74 Å². The SMILES string of the molecule is COC(=O)c1cc(Br)cc(Cc2cc(F)cc(Br)c2)c1. The second-order valence-corrected chi connectivity index (χ2v) is 6.13. The third-order valence-electron chi connectivity index (χ3n) is 2.71. The normalized spacial score (nSPS) is 10.4. The number of hydrogen-bond donors (Lipinski definition) is 0. The van der Waals surface area contributed by atoms with Crippen LogP contribution in [0.3, 0.4) is 0 Å². The number of rotatable bonds is 3. The Balaban J connectivity index is 2.33. The van der Waals surface area contributed by atoms with E-state index in [2.05, 4.69) is 31.9 Å². The topological polar surface area (TPSA) is 26.3 Å². The van der Waals surface area contributed by atoms with Crippen LogP contribution in [0.1, 0.15) is 21.5 Å². The van der Waals surface area contributed by atoms with Crippen molar-refractivity contribution < 1.29 is 13.9 Å². The van der Waals surface area contributed by atoms with Gasteiger partial charge in [0.25, 0.3) is 0 Å². The van der Waals surface area contributed by atoms with Gasteiger partial charge in [-0.2, -0.15) is 0 Å². The molecule has 20 heavy (non-hydrogen) atoms. The molecule has 0 heterocycles. The number of ether oxygens (including phenoxy) is 1. The van der Waals surface area contributed by atoms with Crippen LogP contribution in [-0.2, 0) is 11.2 Å². The first-order chi connectivity index (χ1) is 9.47. The molecule has 0 fully saturated rings. The summed E-state index contributed by atoms with van der Waals surface area (Å²) in [6, 6.07) is 10.1. The Bertz CT molecular complexity index is 636. The van der Waals surface area contributed by atoms with E-state index in [0.717, 1.165) is 15.6 Å². The first-order valence-corrected chi connectivity index (χ1v) is 7.39. The van der Waals surface area contributed by atoms with Gasteiger partial charge in [-0.15, -0.1) is 0 Å². The summed E-state index contributed by atoms with van der Waals surface area (Å²) in [7, 11) is 1.34. The molecule has 2 aromatic rings. The zero-order valence-corrected chi connectivity index (χ0v) is 13.8. The van der Waals surface area contributed by atoms with Crippen molar-refractivity contribution in [2.45, 2.75) is 6.42 Å². The molecule has 0 aliphatic rings. The smallest absolute Gasteiger partial charge is 0.337 e. The van der Waals surface area contributed by atoms with Gasteiger partial charge in [-0.3, -0.25) is 0 Å². The zero-order valence-electron chi connectivity index (χ0n) is 10.6. The number of methoxy groups -OCH3 is 1. The Kier molecular flexibility index (Phi) is 4.94. The highest BCUT2D eigenvalue weighted by atomic mass is 79.9. The Labute approximate surface area is 133 Å². The number of hydrogen-bond acceptors (Lipinski definition) is 2. The van der Waals surface area contributed by atoms with Crippen LogP contribution in [-0.4, -0.2) is 13.1 Å². The highest BCUT2D eigenvalue weighted by Gasteiger charge is 2.09. The minimum Gasteiger partial charge on any atom is -0.465 e. The monoisotopic (exact) mass is 400 g/mol. The summed E-state index contributed by atoms with van der Waals surface area (Å²) in [4.78, 5) is 11.6. The van der Waals surface area contributed by atoms with Crippen LogP contribution in [0, 0.1) is 5.82 Å². The minimum atomic E-state index is -0.395. The number of esters is 1. The molecule has 2 aromatic carbocycles. The van der Waals surface area contributed by atoms with E-state index in [-0.39, 0.29) is 5.82 Å². The summed E-state index contributed by atoms with van der Waals surface area (Å²) in [6.07, 6.45) is 0.528. The summed E-state index contributed by atoms with van der Waals surface area (Å²) >= 11 is 6.63. The molecule has 0 aromatic heterocycles. The number of carbonyl (C=O) groups is 1. The van der Waals surface area contributed by atoms with E-state index in [1.807, 2.05) is 12.1 Å². The number of carbonyl (C=O) groups excluding carboxylic acids is 1. The average Bonchev–Trinajstić information content (AvgIpc) is 2.35. The van der Waals surface area contributed by atoms with Crippen molar-refractivity contribution in [3.05, 3.63) is 67.9 Å². The van der Waals surface area contributed by atoms with Crippen molar-refractivity contribution in [1.29, 1.82) is 0 Å². The molecule has 5 heteroatoms. The molecule has 104 valence electrons. The second kappa shape index (κ2) is 6.50. The highest BCUT2D eigenvalue weighted by molar-refractivity contribution is 9.10. The average molecular weight is 402 g/mol. The fourth-order valence-corrected chi connectivity index (χ4v) is 2.99. The summed E-state index contributed by atoms with van der Waals surface area (Å²) in [6.45, 7) is 0. The second-order valence-electron chi connectivity index (χ2n) is 4.29. The highest BCUT2D eigenvalue weighted by Crippen LogP contribution is 2.21. The van der Waals surface area contributed by atoms with E-state index in [0.29, 0.717) is 16.5 Å². The molecule has 0 spiro atoms. The van der Waals surface area contributed by atoms with Crippen molar-refractivity contribution in [2.75, 3.05) is 7.11 Å². The molecule has 0 saturated carbocycles. The van der Waals surface area contributed by atoms with E-state index in [1.54, 1.807) is 12.1 Å². The predicted octanol–water partition coefficient (Wildman–Crippen LogP) is 4.73. The van der Waals surface area contributed by atoms with E-state index < -0.39 is 5.97 Å². The van der Waals surface area contributed by atoms with Crippen molar-refractivity contribution in [3.8, 4) is 0 Å². The standard InChI is InChI=1S/C15H11Br2FO2/c1-20-15(19)11-3-9(4-12(16)7-11)2-10-5-13(17)8-14(18)6-10/h3-8H,2H2,1H3. The van der Waals surface area contributed by atoms with Crippen LogP contribution < -0.4 is 0 Å². The van der Waals surface area contributed by atoms with E-state index in [9.17, 15) is 9.18 Å². The predicted molar refractivity (Wildman–Crippen MR) is 82.4 cm³/mol. The van der Waals surface area contributed by atoms with Crippen molar-refractivity contribution in [2.24, 2.45) is 0 Å². The van der Waals surface area contributed by atoms with Gasteiger partial charge in [0.05, 0.1) is 12.7 Å². The van der Waals surface area contributed by atoms with Gasteiger partial charge in [0.15, 0.2) is 0 Å². The van der Waals surface area contributed by atoms with E-state index >= 15 is 0 Å². The lowest BCUT2D eigenvalue weighted by Gasteiger charge is -2.07. The van der Waals surface area contributed by atoms with Gasteiger partial charge in [-0.25, -0.2) is 9.18 Å². The van der Waals surface area contributed by atoms with Crippen LogP contribution in [0.15, 0.2) is 45.3 Å². The Morgan fingerprint density at radius 1 is 1.05 bits per heavy atom. The van der Waals surface area contributed by atoms with Gasteiger partial charge in [0, 0.05) is 8.95 Å². The van der Waals surface area contributed by atoms with Crippen LogP contribution in [0.25, 0.3) is 0 Å². The molecule has 0 radical (unpaired) electrons. The summed E-state index contributed by atoms with van der Waals surface area (Å²) in [5.74, 6) is -0.689. The molecule has 0 saturated heterocycles. The molecule has 0 amide bonds. The van der Waals surface area contributed by atoms with Crippen LogP contribution >= 0.6 is 31.9 Å². The molecule has 0 atom stereocenters. The lowest BCUT2D eigenvalue weighted by atomic mass is 10.0. The Morgan fingerprint density at radius 3 is 2.25 bits per heavy atom. The van der Waals surface area contributed by atoms with E-state index in [4.69, 9.17) is 4.74 Å². The maximum Gasteiger partial charge on any atom is 0.337 e. The fourth-order valence-electron chi connectivity index (χ4n) is 1.94. The van der Waals surface area contributed by atoms with Crippen LogP contribution in [0.4, 0.5) is 4.39 Å². The van der Waals surface area contributed by atoms with E-state index in [1.165, 1.54) is 19.2 Å². The van der Waals surface area contributed by atoms with Crippen molar-refractivity contribution in [3.63, 3.8) is 0 Å². The molecule has 2 rings (SSSR count). The molecule has 0 bridgehead atoms. The summed E-state index contributed by atoms with van der Waals surface area (Å²) < 4.78 is 19.5. The lowest BCUT2D eigenvalue weighted by molar-refractivity contribution is 0.0600. The quantitative estimate of drug-likeness (QED) is 0.695. The van der Waals surface area contributed by atoms with Crippen LogP contribution in [0.5, 0.6) is 0 Å². The molecular formula is C15H11Br2FO2. The maximum atomic E-state index is 13.4. The van der Waals surface area contributed by atoms with Gasteiger partial charge in [0.2, 0.25) is 0 Å². The Morgan fingerprint density at radius 2 is 1.65 bits per heavy atom. The first kappa shape index (κ1) is 15.2. The number of benzene rings is 2. The van der Waals surface area contributed by atoms with Gasteiger partial charge >= 0.3 is 5.97 Å². The molecule has 2 nitrogen and oxygen atoms in total. The maximum absolute atomic E-state index is 13.4. The van der Waals surface area contributed by atoms with Gasteiger partial charge in [0.1, 0.15) is 5.82 Å². The summed E-state index contributed by atoms with van der Waals surface area (Å²) in [5.41, 5.74) is 2.19.